The topological polar surface area (TPSA) is 29.5 Å². The van der Waals surface area contributed by atoms with Crippen LogP contribution in [0, 0.1) is 0 Å². The molecule has 0 aromatic heterocycles. The first-order valence-corrected chi connectivity index (χ1v) is 6.96. The van der Waals surface area contributed by atoms with Crippen molar-refractivity contribution < 1.29 is 9.53 Å². The molecule has 1 aromatic rings. The maximum Gasteiger partial charge on any atom is 0.354 e. The molecule has 1 rings (SSSR count). The van der Waals surface area contributed by atoms with Gasteiger partial charge < -0.3 is 9.64 Å². The molecule has 0 N–H and O–H groups in total. The lowest BCUT2D eigenvalue weighted by molar-refractivity contribution is -0.140. The molecule has 0 bridgehead atoms. The molecule has 0 fully saturated rings. The van der Waals surface area contributed by atoms with Crippen molar-refractivity contribution in [2.24, 2.45) is 0 Å². The minimum Gasteiger partial charge on any atom is -0.461 e. The summed E-state index contributed by atoms with van der Waals surface area (Å²) in [5, 5.41) is 1.94. The first-order chi connectivity index (χ1) is 9.15. The van der Waals surface area contributed by atoms with E-state index in [1.165, 1.54) is 0 Å². The molecule has 0 atom stereocenters. The average Bonchev–Trinajstić information content (AvgIpc) is 2.39. The normalized spacial score (nSPS) is 11.6. The van der Waals surface area contributed by atoms with Crippen molar-refractivity contribution in [3.8, 4) is 0 Å². The third kappa shape index (κ3) is 5.66. The number of ether oxygens (including phenoxy) is 1. The molecule has 0 unspecified atom stereocenters. The number of esters is 1. The zero-order valence-electron chi connectivity index (χ0n) is 11.5. The van der Waals surface area contributed by atoms with Crippen LogP contribution in [-0.4, -0.2) is 31.6 Å². The lowest BCUT2D eigenvalue weighted by Crippen LogP contribution is -2.21. The zero-order valence-corrected chi connectivity index (χ0v) is 12.3. The highest BCUT2D eigenvalue weighted by atomic mass is 32.2. The molecule has 19 heavy (non-hydrogen) atoms. The van der Waals surface area contributed by atoms with Crippen LogP contribution in [0.5, 0.6) is 0 Å². The smallest absolute Gasteiger partial charge is 0.354 e. The van der Waals surface area contributed by atoms with Gasteiger partial charge in [0.25, 0.3) is 0 Å². The van der Waals surface area contributed by atoms with E-state index in [4.69, 9.17) is 4.74 Å². The van der Waals surface area contributed by atoms with Crippen molar-refractivity contribution in [1.82, 2.24) is 4.90 Å². The SMILES string of the molecule is CCOC(=O)/C(=C/C=C/Sc1ccccc1)N(C)C. The largest absolute Gasteiger partial charge is 0.461 e. The Morgan fingerprint density at radius 1 is 1.32 bits per heavy atom. The van der Waals surface area contributed by atoms with E-state index in [1.54, 1.807) is 29.7 Å². The lowest BCUT2D eigenvalue weighted by Gasteiger charge is -2.14. The Kier molecular flexibility index (Phi) is 6.82. The Hall–Kier alpha value is -1.68. The molecule has 0 spiro atoms. The maximum atomic E-state index is 11.7. The molecule has 0 saturated carbocycles. The standard InChI is InChI=1S/C15H19NO2S/c1-4-18-15(17)14(16(2)3)11-8-12-19-13-9-6-5-7-10-13/h5-12H,4H2,1-3H3/b12-8+,14-11-. The third-order valence-corrected chi connectivity index (χ3v) is 3.08. The predicted molar refractivity (Wildman–Crippen MR) is 79.8 cm³/mol. The number of benzene rings is 1. The van der Waals surface area contributed by atoms with Crippen LogP contribution in [0.4, 0.5) is 0 Å². The molecule has 102 valence electrons. The van der Waals surface area contributed by atoms with Gasteiger partial charge in [0.1, 0.15) is 5.70 Å². The maximum absolute atomic E-state index is 11.7. The number of carbonyl (C=O) groups excluding carboxylic acids is 1. The van der Waals surface area contributed by atoms with Gasteiger partial charge >= 0.3 is 5.97 Å². The van der Waals surface area contributed by atoms with Crippen LogP contribution in [0.2, 0.25) is 0 Å². The van der Waals surface area contributed by atoms with E-state index < -0.39 is 0 Å². The van der Waals surface area contributed by atoms with Crippen molar-refractivity contribution in [1.29, 1.82) is 0 Å². The van der Waals surface area contributed by atoms with Gasteiger partial charge in [-0.3, -0.25) is 0 Å². The van der Waals surface area contributed by atoms with Crippen molar-refractivity contribution in [2.75, 3.05) is 20.7 Å². The van der Waals surface area contributed by atoms with Gasteiger partial charge in [0.15, 0.2) is 0 Å². The molecule has 0 aliphatic heterocycles. The van der Waals surface area contributed by atoms with Crippen LogP contribution >= 0.6 is 11.8 Å². The van der Waals surface area contributed by atoms with Crippen molar-refractivity contribution in [3.05, 3.63) is 53.6 Å². The van der Waals surface area contributed by atoms with E-state index in [0.29, 0.717) is 12.3 Å². The predicted octanol–water partition coefficient (Wildman–Crippen LogP) is 3.30. The van der Waals surface area contributed by atoms with Crippen LogP contribution in [-0.2, 0) is 9.53 Å². The molecular weight excluding hydrogens is 258 g/mol. The number of likely N-dealkylation sites (N-methyl/N-ethyl adjacent to an activating group) is 1. The van der Waals surface area contributed by atoms with Crippen LogP contribution in [0.25, 0.3) is 0 Å². The van der Waals surface area contributed by atoms with Gasteiger partial charge in [0.2, 0.25) is 0 Å². The quantitative estimate of drug-likeness (QED) is 0.345. The summed E-state index contributed by atoms with van der Waals surface area (Å²) in [7, 11) is 3.64. The fourth-order valence-electron chi connectivity index (χ4n) is 1.35. The van der Waals surface area contributed by atoms with Gasteiger partial charge in [0, 0.05) is 19.0 Å². The summed E-state index contributed by atoms with van der Waals surface area (Å²) in [5.41, 5.74) is 0.534. The molecule has 0 radical (unpaired) electrons. The molecule has 0 aliphatic rings. The van der Waals surface area contributed by atoms with Gasteiger partial charge in [-0.15, -0.1) is 0 Å². The second-order valence-corrected chi connectivity index (χ2v) is 4.91. The molecule has 0 heterocycles. The van der Waals surface area contributed by atoms with E-state index in [1.807, 2.05) is 55.9 Å². The number of carbonyl (C=O) groups is 1. The van der Waals surface area contributed by atoms with Crippen LogP contribution < -0.4 is 0 Å². The summed E-state index contributed by atoms with van der Waals surface area (Å²) >= 11 is 1.60. The fraction of sp³-hybridized carbons (Fsp3) is 0.267. The van der Waals surface area contributed by atoms with Gasteiger partial charge in [-0.05, 0) is 30.5 Å². The summed E-state index contributed by atoms with van der Waals surface area (Å²) in [6.45, 7) is 2.18. The number of hydrogen-bond acceptors (Lipinski definition) is 4. The van der Waals surface area contributed by atoms with E-state index in [2.05, 4.69) is 0 Å². The van der Waals surface area contributed by atoms with Gasteiger partial charge in [-0.25, -0.2) is 4.79 Å². The number of allylic oxidation sites excluding steroid dienone is 2. The molecule has 0 aliphatic carbocycles. The minimum absolute atomic E-state index is 0.304. The summed E-state index contributed by atoms with van der Waals surface area (Å²) < 4.78 is 4.99. The van der Waals surface area contributed by atoms with E-state index >= 15 is 0 Å². The van der Waals surface area contributed by atoms with Crippen molar-refractivity contribution >= 4 is 17.7 Å². The zero-order chi connectivity index (χ0) is 14.1. The van der Waals surface area contributed by atoms with E-state index in [0.717, 1.165) is 4.90 Å². The molecule has 0 amide bonds. The van der Waals surface area contributed by atoms with Crippen molar-refractivity contribution in [3.63, 3.8) is 0 Å². The lowest BCUT2D eigenvalue weighted by atomic mass is 10.3. The second kappa shape index (κ2) is 8.43. The van der Waals surface area contributed by atoms with Gasteiger partial charge in [-0.2, -0.15) is 0 Å². The first kappa shape index (κ1) is 15.4. The molecule has 4 heteroatoms. The van der Waals surface area contributed by atoms with Crippen molar-refractivity contribution in [2.45, 2.75) is 11.8 Å². The van der Waals surface area contributed by atoms with Crippen LogP contribution in [0.3, 0.4) is 0 Å². The summed E-state index contributed by atoms with van der Waals surface area (Å²) in [5.74, 6) is -0.304. The highest BCUT2D eigenvalue weighted by Crippen LogP contribution is 2.18. The minimum atomic E-state index is -0.304. The molecule has 1 aromatic carbocycles. The van der Waals surface area contributed by atoms with Gasteiger partial charge in [-0.1, -0.05) is 36.0 Å². The molecule has 0 saturated heterocycles. The van der Waals surface area contributed by atoms with Gasteiger partial charge in [0.05, 0.1) is 6.61 Å². The first-order valence-electron chi connectivity index (χ1n) is 6.08. The fourth-order valence-corrected chi connectivity index (χ4v) is 1.98. The Labute approximate surface area is 118 Å². The molecule has 3 nitrogen and oxygen atoms in total. The number of nitrogens with zero attached hydrogens (tertiary/aromatic N) is 1. The number of rotatable bonds is 6. The van der Waals surface area contributed by atoms with E-state index in [9.17, 15) is 4.79 Å². The number of hydrogen-bond donors (Lipinski definition) is 0. The Bertz CT molecular complexity index is 452. The Morgan fingerprint density at radius 3 is 2.58 bits per heavy atom. The summed E-state index contributed by atoms with van der Waals surface area (Å²) in [6.07, 6.45) is 3.61. The number of thioether (sulfide) groups is 1. The monoisotopic (exact) mass is 277 g/mol. The average molecular weight is 277 g/mol. The summed E-state index contributed by atoms with van der Waals surface area (Å²) in [4.78, 5) is 14.6. The van der Waals surface area contributed by atoms with E-state index in [-0.39, 0.29) is 5.97 Å². The third-order valence-electron chi connectivity index (χ3n) is 2.25. The Morgan fingerprint density at radius 2 is 2.00 bits per heavy atom. The van der Waals surface area contributed by atoms with Crippen LogP contribution in [0.1, 0.15) is 6.92 Å². The second-order valence-electron chi connectivity index (χ2n) is 3.93. The van der Waals surface area contributed by atoms with Crippen LogP contribution in [0.15, 0.2) is 58.5 Å². The molecular formula is C15H19NO2S. The highest BCUT2D eigenvalue weighted by Gasteiger charge is 2.10. The highest BCUT2D eigenvalue weighted by molar-refractivity contribution is 8.02. The summed E-state index contributed by atoms with van der Waals surface area (Å²) in [6, 6.07) is 10.1. The Balaban J connectivity index is 2.63.